The van der Waals surface area contributed by atoms with Gasteiger partial charge in [0.05, 0.1) is 5.69 Å². The maximum atomic E-state index is 11.8. The number of esters is 2. The van der Waals surface area contributed by atoms with Crippen molar-refractivity contribution >= 4 is 23.3 Å². The van der Waals surface area contributed by atoms with Crippen LogP contribution in [0, 0.1) is 11.3 Å². The van der Waals surface area contributed by atoms with Gasteiger partial charge in [0, 0.05) is 13.3 Å². The number of aromatic nitrogens is 3. The quantitative estimate of drug-likeness (QED) is 0.614. The summed E-state index contributed by atoms with van der Waals surface area (Å²) < 4.78 is 17.4. The van der Waals surface area contributed by atoms with E-state index in [1.54, 1.807) is 13.0 Å². The Kier molecular flexibility index (Phi) is 8.41. The summed E-state index contributed by atoms with van der Waals surface area (Å²) in [5.74, 6) is -1.00. The van der Waals surface area contributed by atoms with Crippen molar-refractivity contribution in [2.75, 3.05) is 12.3 Å². The number of carbonyl (C=O) groups is 2. The van der Waals surface area contributed by atoms with Crippen molar-refractivity contribution in [3.05, 3.63) is 24.2 Å². The Labute approximate surface area is 197 Å². The summed E-state index contributed by atoms with van der Waals surface area (Å²) in [6.07, 6.45) is 6.40. The summed E-state index contributed by atoms with van der Waals surface area (Å²) in [6, 6.07) is 5.04. The van der Waals surface area contributed by atoms with Crippen molar-refractivity contribution in [1.29, 1.82) is 5.26 Å². The summed E-state index contributed by atoms with van der Waals surface area (Å²) in [5, 5.41) is 24.9. The summed E-state index contributed by atoms with van der Waals surface area (Å²) in [6.45, 7) is 2.48. The molecule has 1 saturated carbocycles. The second kappa shape index (κ2) is 11.3. The number of fused-ring (bicyclic) bond motifs is 1. The zero-order valence-corrected chi connectivity index (χ0v) is 19.5. The number of nitriles is 1. The minimum Gasteiger partial charge on any atom is -0.463 e. The number of nitrogens with two attached hydrogens (primary N) is 1. The first kappa shape index (κ1) is 25.4. The third-order valence-corrected chi connectivity index (χ3v) is 5.97. The van der Waals surface area contributed by atoms with Crippen LogP contribution in [0.15, 0.2) is 18.5 Å². The average Bonchev–Trinajstić information content (AvgIpc) is 3.40. The smallest absolute Gasteiger partial charge is 0.305 e. The third kappa shape index (κ3) is 5.29. The highest BCUT2D eigenvalue weighted by Gasteiger charge is 2.59. The molecule has 2 fully saturated rings. The molecule has 4 atom stereocenters. The van der Waals surface area contributed by atoms with Gasteiger partial charge in [0.15, 0.2) is 11.9 Å². The van der Waals surface area contributed by atoms with Gasteiger partial charge in [0.2, 0.25) is 5.60 Å². The topological polar surface area (TPSA) is 162 Å². The van der Waals surface area contributed by atoms with Crippen molar-refractivity contribution < 1.29 is 28.9 Å². The molecule has 3 N–H and O–H groups in total. The fourth-order valence-corrected chi connectivity index (χ4v) is 4.17. The van der Waals surface area contributed by atoms with Crippen LogP contribution < -0.4 is 5.73 Å². The molecule has 4 unspecified atom stereocenters. The van der Waals surface area contributed by atoms with Gasteiger partial charge in [-0.1, -0.05) is 45.4 Å². The maximum Gasteiger partial charge on any atom is 0.305 e. The molecule has 2 aromatic heterocycles. The third-order valence-electron chi connectivity index (χ3n) is 5.97. The highest BCUT2D eigenvalue weighted by atomic mass is 16.6. The number of nitrogen functional groups attached to an aromatic ring is 1. The number of anilines is 1. The number of ether oxygens (including phenoxy) is 3. The van der Waals surface area contributed by atoms with Gasteiger partial charge >= 0.3 is 11.9 Å². The van der Waals surface area contributed by atoms with Gasteiger partial charge in [-0.05, 0) is 12.1 Å². The van der Waals surface area contributed by atoms with E-state index in [1.807, 2.05) is 6.07 Å². The summed E-state index contributed by atoms with van der Waals surface area (Å²) in [5.41, 5.74) is 4.47. The SMILES string of the molecule is C1CCCCC1.CCC(=O)OC1C(COC(C)=O)OC(C#N)(c2ccc3c(N)ncnn23)C1O. The molecule has 0 radical (unpaired) electrons. The lowest BCUT2D eigenvalue weighted by Crippen LogP contribution is -2.43. The van der Waals surface area contributed by atoms with E-state index in [1.165, 1.54) is 62.4 Å². The lowest BCUT2D eigenvalue weighted by Gasteiger charge is -2.24. The Hall–Kier alpha value is -3.23. The van der Waals surface area contributed by atoms with Crippen LogP contribution in [0.1, 0.15) is 64.5 Å². The van der Waals surface area contributed by atoms with Crippen molar-refractivity contribution in [3.8, 4) is 6.07 Å². The average molecular weight is 474 g/mol. The zero-order chi connectivity index (χ0) is 24.7. The maximum absolute atomic E-state index is 11.8. The molecule has 11 nitrogen and oxygen atoms in total. The van der Waals surface area contributed by atoms with Gasteiger partial charge in [0.25, 0.3) is 0 Å². The molecule has 2 aromatic rings. The Bertz CT molecular complexity index is 1030. The molecule has 3 heterocycles. The van der Waals surface area contributed by atoms with Crippen molar-refractivity contribution in [3.63, 3.8) is 0 Å². The first-order valence-corrected chi connectivity index (χ1v) is 11.5. The second-order valence-electron chi connectivity index (χ2n) is 8.34. The van der Waals surface area contributed by atoms with E-state index in [0.29, 0.717) is 5.52 Å². The van der Waals surface area contributed by atoms with Gasteiger partial charge in [-0.25, -0.2) is 9.50 Å². The van der Waals surface area contributed by atoms with Crippen LogP contribution in [0.5, 0.6) is 0 Å². The minimum absolute atomic E-state index is 0.0564. The van der Waals surface area contributed by atoms with Crippen LogP contribution in [0.2, 0.25) is 0 Å². The summed E-state index contributed by atoms with van der Waals surface area (Å²) in [7, 11) is 0. The van der Waals surface area contributed by atoms with E-state index < -0.39 is 35.9 Å². The van der Waals surface area contributed by atoms with Gasteiger partial charge in [-0.15, -0.1) is 0 Å². The fraction of sp³-hybridized carbons (Fsp3) is 0.609. The van der Waals surface area contributed by atoms with Crippen molar-refractivity contribution in [2.45, 2.75) is 82.7 Å². The standard InChI is InChI=1S/C17H19N5O6.C6H12/c1-3-13(24)27-14-11(6-26-9(2)23)28-17(7-18,15(14)25)12-5-4-10-16(19)20-8-21-22(10)12;1-2-4-6-5-3-1/h4-5,8,11,14-15,25H,3,6H2,1-2H3,(H2,19,20,21);1-6H2. The highest BCUT2D eigenvalue weighted by Crippen LogP contribution is 2.41. The molecule has 2 aliphatic rings. The number of nitrogens with zero attached hydrogens (tertiary/aromatic N) is 4. The van der Waals surface area contributed by atoms with Crippen LogP contribution in [0.3, 0.4) is 0 Å². The van der Waals surface area contributed by atoms with Gasteiger partial charge < -0.3 is 25.1 Å². The van der Waals surface area contributed by atoms with E-state index in [0.717, 1.165) is 0 Å². The minimum atomic E-state index is -1.93. The molecule has 184 valence electrons. The van der Waals surface area contributed by atoms with Gasteiger partial charge in [0.1, 0.15) is 36.7 Å². The number of aliphatic hydroxyl groups is 1. The molecule has 0 bridgehead atoms. The van der Waals surface area contributed by atoms with Crippen LogP contribution in [0.25, 0.3) is 5.52 Å². The molecular formula is C23H31N5O6. The predicted octanol–water partition coefficient (Wildman–Crippen LogP) is 2.02. The van der Waals surface area contributed by atoms with Gasteiger partial charge in [-0.2, -0.15) is 10.4 Å². The van der Waals surface area contributed by atoms with E-state index in [4.69, 9.17) is 19.9 Å². The molecule has 0 aromatic carbocycles. The Morgan fingerprint density at radius 3 is 2.50 bits per heavy atom. The summed E-state index contributed by atoms with van der Waals surface area (Å²) >= 11 is 0. The monoisotopic (exact) mass is 473 g/mol. The van der Waals surface area contributed by atoms with Crippen LogP contribution in [-0.4, -0.2) is 56.6 Å². The molecular weight excluding hydrogens is 442 g/mol. The van der Waals surface area contributed by atoms with Crippen LogP contribution >= 0.6 is 0 Å². The summed E-state index contributed by atoms with van der Waals surface area (Å²) in [4.78, 5) is 26.9. The lowest BCUT2D eigenvalue weighted by molar-refractivity contribution is -0.159. The van der Waals surface area contributed by atoms with E-state index in [-0.39, 0.29) is 24.5 Å². The number of hydrogen-bond donors (Lipinski definition) is 2. The van der Waals surface area contributed by atoms with Gasteiger partial charge in [-0.3, -0.25) is 9.59 Å². The highest BCUT2D eigenvalue weighted by molar-refractivity contribution is 5.69. The largest absolute Gasteiger partial charge is 0.463 e. The number of hydrogen-bond acceptors (Lipinski definition) is 10. The zero-order valence-electron chi connectivity index (χ0n) is 19.5. The molecule has 34 heavy (non-hydrogen) atoms. The first-order chi connectivity index (χ1) is 16.3. The first-order valence-electron chi connectivity index (χ1n) is 11.5. The molecule has 11 heteroatoms. The molecule has 1 aliphatic heterocycles. The molecule has 1 aliphatic carbocycles. The second-order valence-corrected chi connectivity index (χ2v) is 8.34. The van der Waals surface area contributed by atoms with E-state index >= 15 is 0 Å². The van der Waals surface area contributed by atoms with E-state index in [2.05, 4.69) is 10.1 Å². The number of rotatable bonds is 5. The van der Waals surface area contributed by atoms with Crippen LogP contribution in [-0.2, 0) is 29.4 Å². The van der Waals surface area contributed by atoms with Crippen molar-refractivity contribution in [2.24, 2.45) is 0 Å². The number of aliphatic hydroxyl groups excluding tert-OH is 1. The molecule has 4 rings (SSSR count). The predicted molar refractivity (Wildman–Crippen MR) is 120 cm³/mol. The lowest BCUT2D eigenvalue weighted by atomic mass is 9.92. The van der Waals surface area contributed by atoms with Crippen molar-refractivity contribution in [1.82, 2.24) is 14.6 Å². The molecule has 1 saturated heterocycles. The number of carbonyl (C=O) groups excluding carboxylic acids is 2. The Morgan fingerprint density at radius 2 is 1.94 bits per heavy atom. The van der Waals surface area contributed by atoms with Crippen LogP contribution in [0.4, 0.5) is 5.82 Å². The molecule has 0 spiro atoms. The Balaban J connectivity index is 0.000000469. The normalized spacial score (nSPS) is 26.2. The fourth-order valence-electron chi connectivity index (χ4n) is 4.17. The van der Waals surface area contributed by atoms with E-state index in [9.17, 15) is 20.0 Å². The Morgan fingerprint density at radius 1 is 1.29 bits per heavy atom. The molecule has 0 amide bonds.